The second-order valence-electron chi connectivity index (χ2n) is 3.20. The molecular formula is C14H11BrO2. The van der Waals surface area contributed by atoms with Gasteiger partial charge in [-0.05, 0) is 12.1 Å². The van der Waals surface area contributed by atoms with E-state index in [0.717, 1.165) is 22.6 Å². The molecule has 2 aromatic carbocycles. The summed E-state index contributed by atoms with van der Waals surface area (Å²) in [7, 11) is 0. The first-order valence-corrected chi connectivity index (χ1v) is 5.76. The highest BCUT2D eigenvalue weighted by atomic mass is 79.9. The maximum Gasteiger partial charge on any atom is 0.150 e. The first kappa shape index (κ1) is 13.3. The lowest BCUT2D eigenvalue weighted by Crippen LogP contribution is -1.75. The van der Waals surface area contributed by atoms with Gasteiger partial charge in [-0.15, -0.1) is 0 Å². The Morgan fingerprint density at radius 1 is 0.706 bits per heavy atom. The predicted octanol–water partition coefficient (Wildman–Crippen LogP) is 3.76. The van der Waals surface area contributed by atoms with Crippen LogP contribution in [0.5, 0.6) is 0 Å². The minimum atomic E-state index is 0.707. The number of rotatable bonds is 2. The fourth-order valence-electron chi connectivity index (χ4n) is 1.07. The van der Waals surface area contributed by atoms with E-state index in [2.05, 4.69) is 15.9 Å². The van der Waals surface area contributed by atoms with E-state index in [1.807, 2.05) is 30.3 Å². The van der Waals surface area contributed by atoms with Gasteiger partial charge in [0.2, 0.25) is 0 Å². The van der Waals surface area contributed by atoms with E-state index in [0.29, 0.717) is 5.56 Å². The molecule has 0 aliphatic heterocycles. The van der Waals surface area contributed by atoms with Gasteiger partial charge in [-0.1, -0.05) is 58.4 Å². The molecule has 0 bridgehead atoms. The fourth-order valence-corrected chi connectivity index (χ4v) is 1.34. The fraction of sp³-hybridized carbons (Fsp3) is 0. The van der Waals surface area contributed by atoms with Crippen molar-refractivity contribution in [2.75, 3.05) is 0 Å². The predicted molar refractivity (Wildman–Crippen MR) is 71.4 cm³/mol. The normalized spacial score (nSPS) is 8.76. The lowest BCUT2D eigenvalue weighted by atomic mass is 10.2. The van der Waals surface area contributed by atoms with Crippen LogP contribution in [0.15, 0.2) is 59.1 Å². The van der Waals surface area contributed by atoms with Crippen molar-refractivity contribution in [3.63, 3.8) is 0 Å². The summed E-state index contributed by atoms with van der Waals surface area (Å²) in [5.74, 6) is 0. The molecule has 0 fully saturated rings. The number of carbonyl (C=O) groups is 2. The quantitative estimate of drug-likeness (QED) is 0.789. The van der Waals surface area contributed by atoms with E-state index in [9.17, 15) is 9.59 Å². The number of hydrogen-bond donors (Lipinski definition) is 0. The Morgan fingerprint density at radius 3 is 1.59 bits per heavy atom. The number of aldehydes is 2. The van der Waals surface area contributed by atoms with Gasteiger partial charge in [0.05, 0.1) is 0 Å². The van der Waals surface area contributed by atoms with Gasteiger partial charge in [0.25, 0.3) is 0 Å². The molecule has 0 heterocycles. The maximum atomic E-state index is 10.1. The molecule has 3 heteroatoms. The Kier molecular flexibility index (Phi) is 5.89. The largest absolute Gasteiger partial charge is 0.298 e. The van der Waals surface area contributed by atoms with Crippen molar-refractivity contribution >= 4 is 28.5 Å². The van der Waals surface area contributed by atoms with Crippen molar-refractivity contribution in [1.82, 2.24) is 0 Å². The molecular weight excluding hydrogens is 280 g/mol. The third kappa shape index (κ3) is 5.22. The minimum absolute atomic E-state index is 0.707. The van der Waals surface area contributed by atoms with Crippen molar-refractivity contribution in [3.05, 3.63) is 70.2 Å². The highest BCUT2D eigenvalue weighted by Crippen LogP contribution is 2.08. The van der Waals surface area contributed by atoms with E-state index < -0.39 is 0 Å². The summed E-state index contributed by atoms with van der Waals surface area (Å²) >= 11 is 3.26. The van der Waals surface area contributed by atoms with E-state index in [1.165, 1.54) is 0 Å². The molecule has 0 aliphatic rings. The van der Waals surface area contributed by atoms with Gasteiger partial charge in [-0.25, -0.2) is 0 Å². The molecule has 0 aliphatic carbocycles. The summed E-state index contributed by atoms with van der Waals surface area (Å²) in [5.41, 5.74) is 1.44. The third-order valence-corrected chi connectivity index (χ3v) is 2.47. The Morgan fingerprint density at radius 2 is 1.18 bits per heavy atom. The van der Waals surface area contributed by atoms with Crippen molar-refractivity contribution in [1.29, 1.82) is 0 Å². The van der Waals surface area contributed by atoms with Crippen molar-refractivity contribution in [3.8, 4) is 0 Å². The van der Waals surface area contributed by atoms with Crippen LogP contribution in [0.4, 0.5) is 0 Å². The minimum Gasteiger partial charge on any atom is -0.298 e. The van der Waals surface area contributed by atoms with Crippen LogP contribution in [-0.2, 0) is 0 Å². The highest BCUT2D eigenvalue weighted by molar-refractivity contribution is 9.10. The summed E-state index contributed by atoms with van der Waals surface area (Å²) in [6.45, 7) is 0. The van der Waals surface area contributed by atoms with Crippen LogP contribution in [0.3, 0.4) is 0 Å². The molecule has 2 nitrogen and oxygen atoms in total. The van der Waals surface area contributed by atoms with Gasteiger partial charge in [-0.3, -0.25) is 9.59 Å². The van der Waals surface area contributed by atoms with Gasteiger partial charge in [-0.2, -0.15) is 0 Å². The van der Waals surface area contributed by atoms with Gasteiger partial charge in [0.1, 0.15) is 12.6 Å². The molecule has 0 spiro atoms. The lowest BCUT2D eigenvalue weighted by Gasteiger charge is -1.87. The molecule has 2 rings (SSSR count). The Balaban J connectivity index is 0.000000171. The summed E-state index contributed by atoms with van der Waals surface area (Å²) in [6, 6.07) is 16.3. The zero-order chi connectivity index (χ0) is 12.5. The van der Waals surface area contributed by atoms with Crippen molar-refractivity contribution in [2.45, 2.75) is 0 Å². The number of hydrogen-bond acceptors (Lipinski definition) is 2. The summed E-state index contributed by atoms with van der Waals surface area (Å²) in [5, 5.41) is 0. The van der Waals surface area contributed by atoms with Gasteiger partial charge in [0.15, 0.2) is 0 Å². The Labute approximate surface area is 108 Å². The SMILES string of the molecule is O=Cc1ccc(Br)cc1.O=Cc1ccccc1. The highest BCUT2D eigenvalue weighted by Gasteiger charge is 1.86. The van der Waals surface area contributed by atoms with Crippen LogP contribution in [0, 0.1) is 0 Å². The van der Waals surface area contributed by atoms with Gasteiger partial charge >= 0.3 is 0 Å². The van der Waals surface area contributed by atoms with Crippen LogP contribution >= 0.6 is 15.9 Å². The summed E-state index contributed by atoms with van der Waals surface area (Å²) in [6.07, 6.45) is 1.66. The summed E-state index contributed by atoms with van der Waals surface area (Å²) < 4.78 is 0.994. The van der Waals surface area contributed by atoms with Crippen LogP contribution in [0.2, 0.25) is 0 Å². The third-order valence-electron chi connectivity index (χ3n) is 1.94. The van der Waals surface area contributed by atoms with Crippen LogP contribution < -0.4 is 0 Å². The molecule has 0 N–H and O–H groups in total. The number of halogens is 1. The second kappa shape index (κ2) is 7.52. The molecule has 2 aromatic rings. The Bertz CT molecular complexity index is 463. The second-order valence-corrected chi connectivity index (χ2v) is 4.11. The molecule has 0 saturated carbocycles. The van der Waals surface area contributed by atoms with Gasteiger partial charge in [0, 0.05) is 15.6 Å². The zero-order valence-corrected chi connectivity index (χ0v) is 10.6. The maximum absolute atomic E-state index is 10.1. The molecule has 0 saturated heterocycles. The zero-order valence-electron chi connectivity index (χ0n) is 9.05. The van der Waals surface area contributed by atoms with Crippen LogP contribution in [0.1, 0.15) is 20.7 Å². The van der Waals surface area contributed by atoms with E-state index >= 15 is 0 Å². The molecule has 0 unspecified atom stereocenters. The first-order valence-electron chi connectivity index (χ1n) is 4.97. The number of benzene rings is 2. The molecule has 0 atom stereocenters. The monoisotopic (exact) mass is 290 g/mol. The van der Waals surface area contributed by atoms with Gasteiger partial charge < -0.3 is 0 Å². The molecule has 0 amide bonds. The molecule has 86 valence electrons. The smallest absolute Gasteiger partial charge is 0.150 e. The topological polar surface area (TPSA) is 34.1 Å². The molecule has 0 radical (unpaired) electrons. The average Bonchev–Trinajstić information content (AvgIpc) is 2.41. The standard InChI is InChI=1S/C7H5BrO.C7H6O/c8-7-3-1-6(5-9)2-4-7;8-6-7-4-2-1-3-5-7/h1-5H;1-6H. The van der Waals surface area contributed by atoms with Crippen LogP contribution in [0.25, 0.3) is 0 Å². The van der Waals surface area contributed by atoms with Crippen molar-refractivity contribution < 1.29 is 9.59 Å². The molecule has 17 heavy (non-hydrogen) atoms. The summed E-state index contributed by atoms with van der Waals surface area (Å²) in [4.78, 5) is 20.1. The van der Waals surface area contributed by atoms with Crippen molar-refractivity contribution in [2.24, 2.45) is 0 Å². The Hall–Kier alpha value is -1.74. The lowest BCUT2D eigenvalue weighted by molar-refractivity contribution is 0.111. The van der Waals surface area contributed by atoms with E-state index in [1.54, 1.807) is 24.3 Å². The van der Waals surface area contributed by atoms with E-state index in [4.69, 9.17) is 0 Å². The number of carbonyl (C=O) groups excluding carboxylic acids is 2. The van der Waals surface area contributed by atoms with E-state index in [-0.39, 0.29) is 0 Å². The average molecular weight is 291 g/mol. The molecule has 0 aromatic heterocycles. The van der Waals surface area contributed by atoms with Crippen LogP contribution in [-0.4, -0.2) is 12.6 Å². The first-order chi connectivity index (χ1) is 8.26.